The van der Waals surface area contributed by atoms with Gasteiger partial charge in [-0.2, -0.15) is 0 Å². The average Bonchev–Trinajstić information content (AvgIpc) is 3.05. The topological polar surface area (TPSA) is 26.3 Å². The molecule has 0 N–H and O–H groups in total. The van der Waals surface area contributed by atoms with Gasteiger partial charge in [0.15, 0.2) is 0 Å². The second kappa shape index (κ2) is 4.01. The monoisotopic (exact) mass is 262 g/mol. The van der Waals surface area contributed by atoms with Crippen molar-refractivity contribution in [2.24, 2.45) is 0 Å². The summed E-state index contributed by atoms with van der Waals surface area (Å²) in [5.74, 6) is 0. The van der Waals surface area contributed by atoms with Crippen LogP contribution in [0.25, 0.3) is 33.1 Å². The number of rotatable bonds is 1. The van der Waals surface area contributed by atoms with Crippen LogP contribution in [-0.2, 0) is 0 Å². The zero-order chi connectivity index (χ0) is 13.7. The molecule has 0 aliphatic heterocycles. The maximum atomic E-state index is 5.71. The number of fused-ring (bicyclic) bond motifs is 2. The summed E-state index contributed by atoms with van der Waals surface area (Å²) in [6.07, 6.45) is 3.49. The normalized spacial score (nSPS) is 11.5. The Kier molecular flexibility index (Phi) is 2.27. The fourth-order valence-corrected chi connectivity index (χ4v) is 2.93. The van der Waals surface area contributed by atoms with E-state index in [9.17, 15) is 0 Å². The van der Waals surface area contributed by atoms with Gasteiger partial charge < -0.3 is 8.83 Å². The van der Waals surface area contributed by atoms with Crippen molar-refractivity contribution in [3.05, 3.63) is 60.1 Å². The van der Waals surface area contributed by atoms with Crippen molar-refractivity contribution < 1.29 is 8.83 Å². The Hall–Kier alpha value is -2.48. The van der Waals surface area contributed by atoms with Gasteiger partial charge in [-0.15, -0.1) is 0 Å². The van der Waals surface area contributed by atoms with Gasteiger partial charge in [-0.05, 0) is 60.9 Å². The summed E-state index contributed by atoms with van der Waals surface area (Å²) >= 11 is 0. The van der Waals surface area contributed by atoms with Crippen molar-refractivity contribution in [2.75, 3.05) is 0 Å². The summed E-state index contributed by atoms with van der Waals surface area (Å²) in [6, 6.07) is 12.5. The van der Waals surface area contributed by atoms with Crippen molar-refractivity contribution in [3.8, 4) is 11.1 Å². The predicted molar refractivity (Wildman–Crippen MR) is 80.9 cm³/mol. The molecule has 4 aromatic rings. The Morgan fingerprint density at radius 2 is 1.70 bits per heavy atom. The lowest BCUT2D eigenvalue weighted by molar-refractivity contribution is 0.615. The third-order valence-corrected chi connectivity index (χ3v) is 3.81. The van der Waals surface area contributed by atoms with Crippen LogP contribution >= 0.6 is 0 Å². The lowest BCUT2D eigenvalue weighted by Gasteiger charge is -2.09. The first-order chi connectivity index (χ1) is 9.74. The van der Waals surface area contributed by atoms with Gasteiger partial charge in [0, 0.05) is 16.3 Å². The van der Waals surface area contributed by atoms with E-state index in [4.69, 9.17) is 8.83 Å². The van der Waals surface area contributed by atoms with E-state index in [1.54, 1.807) is 12.5 Å². The molecule has 0 spiro atoms. The molecular formula is C18H14O2. The Morgan fingerprint density at radius 3 is 2.60 bits per heavy atom. The molecule has 2 nitrogen and oxygen atoms in total. The van der Waals surface area contributed by atoms with Gasteiger partial charge in [0.1, 0.15) is 11.2 Å². The van der Waals surface area contributed by atoms with Crippen molar-refractivity contribution in [1.82, 2.24) is 0 Å². The smallest absolute Gasteiger partial charge is 0.141 e. The van der Waals surface area contributed by atoms with Crippen LogP contribution in [0.4, 0.5) is 0 Å². The lowest BCUT2D eigenvalue weighted by Crippen LogP contribution is -1.86. The molecular weight excluding hydrogens is 248 g/mol. The highest BCUT2D eigenvalue weighted by molar-refractivity contribution is 6.03. The van der Waals surface area contributed by atoms with Gasteiger partial charge >= 0.3 is 0 Å². The first-order valence-electron chi connectivity index (χ1n) is 6.69. The summed E-state index contributed by atoms with van der Waals surface area (Å²) in [5.41, 5.74) is 6.63. The summed E-state index contributed by atoms with van der Waals surface area (Å²) in [6.45, 7) is 4.24. The van der Waals surface area contributed by atoms with Gasteiger partial charge in [-0.1, -0.05) is 6.07 Å². The van der Waals surface area contributed by atoms with Crippen LogP contribution in [0.3, 0.4) is 0 Å². The lowest BCUT2D eigenvalue weighted by atomic mass is 9.94. The molecule has 2 heteroatoms. The molecule has 0 radical (unpaired) electrons. The number of aryl methyl sites for hydroxylation is 2. The third-order valence-electron chi connectivity index (χ3n) is 3.81. The van der Waals surface area contributed by atoms with Gasteiger partial charge in [-0.3, -0.25) is 0 Å². The second-order valence-corrected chi connectivity index (χ2v) is 5.24. The van der Waals surface area contributed by atoms with E-state index in [1.807, 2.05) is 18.2 Å². The number of hydrogen-bond donors (Lipinski definition) is 0. The molecule has 0 saturated carbocycles. The summed E-state index contributed by atoms with van der Waals surface area (Å²) in [7, 11) is 0. The Bertz CT molecular complexity index is 925. The quantitative estimate of drug-likeness (QED) is 0.455. The molecule has 0 amide bonds. The molecule has 20 heavy (non-hydrogen) atoms. The van der Waals surface area contributed by atoms with Crippen LogP contribution in [0.5, 0.6) is 0 Å². The highest BCUT2D eigenvalue weighted by atomic mass is 16.3. The SMILES string of the molecule is Cc1cc(-c2c(C)ccc3occc23)c2occc2c1. The van der Waals surface area contributed by atoms with Crippen LogP contribution in [0.15, 0.2) is 57.8 Å². The first kappa shape index (κ1) is 11.4. The highest BCUT2D eigenvalue weighted by Gasteiger charge is 2.14. The molecule has 0 bridgehead atoms. The van der Waals surface area contributed by atoms with Crippen molar-refractivity contribution in [3.63, 3.8) is 0 Å². The van der Waals surface area contributed by atoms with Gasteiger partial charge in [0.2, 0.25) is 0 Å². The van der Waals surface area contributed by atoms with Gasteiger partial charge in [0.25, 0.3) is 0 Å². The van der Waals surface area contributed by atoms with Gasteiger partial charge in [-0.25, -0.2) is 0 Å². The predicted octanol–water partition coefficient (Wildman–Crippen LogP) is 5.46. The van der Waals surface area contributed by atoms with E-state index in [2.05, 4.69) is 32.0 Å². The van der Waals surface area contributed by atoms with Crippen LogP contribution in [0.2, 0.25) is 0 Å². The molecule has 0 aliphatic carbocycles. The molecule has 0 saturated heterocycles. The minimum absolute atomic E-state index is 0.909. The minimum Gasteiger partial charge on any atom is -0.464 e. The van der Waals surface area contributed by atoms with E-state index in [0.29, 0.717) is 0 Å². The summed E-state index contributed by atoms with van der Waals surface area (Å²) in [4.78, 5) is 0. The largest absolute Gasteiger partial charge is 0.464 e. The van der Waals surface area contributed by atoms with Gasteiger partial charge in [0.05, 0.1) is 12.5 Å². The fourth-order valence-electron chi connectivity index (χ4n) is 2.93. The Balaban J connectivity index is 2.18. The fraction of sp³-hybridized carbons (Fsp3) is 0.111. The number of hydrogen-bond acceptors (Lipinski definition) is 2. The number of benzene rings is 2. The van der Waals surface area contributed by atoms with Crippen molar-refractivity contribution >= 4 is 21.9 Å². The van der Waals surface area contributed by atoms with E-state index < -0.39 is 0 Å². The van der Waals surface area contributed by atoms with Crippen LogP contribution in [0.1, 0.15) is 11.1 Å². The number of furan rings is 2. The molecule has 0 fully saturated rings. The second-order valence-electron chi connectivity index (χ2n) is 5.24. The van der Waals surface area contributed by atoms with Crippen LogP contribution < -0.4 is 0 Å². The third kappa shape index (κ3) is 1.51. The zero-order valence-corrected chi connectivity index (χ0v) is 11.4. The molecule has 0 aliphatic rings. The van der Waals surface area contributed by atoms with Crippen molar-refractivity contribution in [2.45, 2.75) is 13.8 Å². The Labute approximate surface area is 116 Å². The molecule has 2 heterocycles. The maximum absolute atomic E-state index is 5.71. The Morgan fingerprint density at radius 1 is 0.850 bits per heavy atom. The van der Waals surface area contributed by atoms with E-state index in [-0.39, 0.29) is 0 Å². The first-order valence-corrected chi connectivity index (χ1v) is 6.69. The molecule has 0 unspecified atom stereocenters. The minimum atomic E-state index is 0.909. The molecule has 4 rings (SSSR count). The molecule has 2 aromatic carbocycles. The van der Waals surface area contributed by atoms with Crippen LogP contribution in [-0.4, -0.2) is 0 Å². The average molecular weight is 262 g/mol. The summed E-state index contributed by atoms with van der Waals surface area (Å²) < 4.78 is 11.2. The zero-order valence-electron chi connectivity index (χ0n) is 11.4. The van der Waals surface area contributed by atoms with Crippen LogP contribution in [0, 0.1) is 13.8 Å². The van der Waals surface area contributed by atoms with E-state index in [0.717, 1.165) is 27.5 Å². The van der Waals surface area contributed by atoms with Crippen molar-refractivity contribution in [1.29, 1.82) is 0 Å². The van der Waals surface area contributed by atoms with E-state index >= 15 is 0 Å². The molecule has 0 atom stereocenters. The van der Waals surface area contributed by atoms with E-state index in [1.165, 1.54) is 16.7 Å². The maximum Gasteiger partial charge on any atom is 0.141 e. The standard InChI is InChI=1S/C18H14O2/c1-11-9-13-5-7-20-18(13)15(10-11)17-12(2)3-4-16-14(17)6-8-19-16/h3-10H,1-2H3. The summed E-state index contributed by atoms with van der Waals surface area (Å²) in [5, 5.41) is 2.27. The molecule has 98 valence electrons. The highest BCUT2D eigenvalue weighted by Crippen LogP contribution is 2.37. The molecule has 2 aromatic heterocycles.